The van der Waals surface area contributed by atoms with Crippen LogP contribution in [0.15, 0.2) is 47.6 Å². The zero-order valence-electron chi connectivity index (χ0n) is 12.6. The highest BCUT2D eigenvalue weighted by atomic mass is 32.1. The van der Waals surface area contributed by atoms with Crippen LogP contribution in [-0.4, -0.2) is 29.5 Å². The maximum atomic E-state index is 11.4. The van der Waals surface area contributed by atoms with Gasteiger partial charge >= 0.3 is 5.97 Å². The summed E-state index contributed by atoms with van der Waals surface area (Å²) in [7, 11) is 1.42. The van der Waals surface area contributed by atoms with Crippen LogP contribution in [0.2, 0.25) is 0 Å². The minimum atomic E-state index is -1.02. The predicted molar refractivity (Wildman–Crippen MR) is 92.8 cm³/mol. The zero-order chi connectivity index (χ0) is 17.5. The highest BCUT2D eigenvalue weighted by Crippen LogP contribution is 2.22. The second-order valence-electron chi connectivity index (χ2n) is 4.62. The van der Waals surface area contributed by atoms with Gasteiger partial charge in [0.25, 0.3) is 0 Å². The van der Waals surface area contributed by atoms with Crippen molar-refractivity contribution < 1.29 is 19.7 Å². The molecular weight excluding hydrogens is 330 g/mol. The second-order valence-corrected chi connectivity index (χ2v) is 5.03. The number of methoxy groups -OCH3 is 1. The molecule has 124 valence electrons. The number of ether oxygens (including phenoxy) is 1. The lowest BCUT2D eigenvalue weighted by Crippen LogP contribution is -2.24. The van der Waals surface area contributed by atoms with Crippen LogP contribution in [0.1, 0.15) is 15.9 Å². The fourth-order valence-electron chi connectivity index (χ4n) is 1.82. The summed E-state index contributed by atoms with van der Waals surface area (Å²) in [5.41, 5.74) is 3.94. The van der Waals surface area contributed by atoms with Crippen molar-refractivity contribution in [3.8, 4) is 11.5 Å². The van der Waals surface area contributed by atoms with Gasteiger partial charge in [0.05, 0.1) is 18.9 Å². The number of anilines is 1. The number of hydrazone groups is 1. The van der Waals surface area contributed by atoms with E-state index >= 15 is 0 Å². The molecule has 0 aromatic heterocycles. The molecule has 0 amide bonds. The lowest BCUT2D eigenvalue weighted by molar-refractivity contribution is -0.270. The minimum absolute atomic E-state index is 0.149. The number of carboxylic acid groups (broad SMARTS) is 1. The molecule has 0 saturated heterocycles. The molecule has 2 rings (SSSR count). The van der Waals surface area contributed by atoms with Gasteiger partial charge in [-0.3, -0.25) is 5.43 Å². The molecule has 0 heterocycles. The molecule has 0 bridgehead atoms. The van der Waals surface area contributed by atoms with Crippen molar-refractivity contribution in [2.75, 3.05) is 12.4 Å². The Morgan fingerprint density at radius 2 is 2.12 bits per heavy atom. The molecule has 0 fully saturated rings. The number of benzene rings is 2. The Morgan fingerprint density at radius 3 is 2.83 bits per heavy atom. The van der Waals surface area contributed by atoms with Crippen molar-refractivity contribution in [2.45, 2.75) is 0 Å². The third-order valence-electron chi connectivity index (χ3n) is 2.93. The number of aromatic carboxylic acids is 1. The Hall–Kier alpha value is -3.13. The number of thiocarbonyl (C=S) groups is 1. The highest BCUT2D eigenvalue weighted by molar-refractivity contribution is 7.80. The molecule has 0 saturated carbocycles. The van der Waals surface area contributed by atoms with Gasteiger partial charge in [-0.2, -0.15) is 5.10 Å². The molecule has 7 nitrogen and oxygen atoms in total. The summed E-state index contributed by atoms with van der Waals surface area (Å²) in [5, 5.41) is 27.3. The van der Waals surface area contributed by atoms with Gasteiger partial charge in [-0.15, -0.1) is 0 Å². The van der Waals surface area contributed by atoms with Crippen LogP contribution in [0.25, 0.3) is 0 Å². The minimum Gasteiger partial charge on any atom is -0.870 e. The summed E-state index contributed by atoms with van der Waals surface area (Å²) < 4.78 is 4.94. The smallest absolute Gasteiger partial charge is 0.335 e. The largest absolute Gasteiger partial charge is 0.870 e. The highest BCUT2D eigenvalue weighted by Gasteiger charge is 2.03. The molecule has 0 atom stereocenters. The summed E-state index contributed by atoms with van der Waals surface area (Å²) in [6.45, 7) is 0. The molecule has 2 aromatic carbocycles. The average molecular weight is 344 g/mol. The number of nitrogens with one attached hydrogen (secondary N) is 2. The maximum Gasteiger partial charge on any atom is 0.335 e. The van der Waals surface area contributed by atoms with Gasteiger partial charge in [0, 0.05) is 5.69 Å². The molecule has 0 aliphatic rings. The fraction of sp³-hybridized carbons (Fsp3) is 0.0625. The Kier molecular flexibility index (Phi) is 5.69. The first kappa shape index (κ1) is 17.2. The lowest BCUT2D eigenvalue weighted by Gasteiger charge is -2.12. The zero-order valence-corrected chi connectivity index (χ0v) is 13.5. The van der Waals surface area contributed by atoms with Crippen molar-refractivity contribution in [1.29, 1.82) is 0 Å². The molecule has 0 spiro atoms. The van der Waals surface area contributed by atoms with Crippen LogP contribution >= 0.6 is 12.2 Å². The lowest BCUT2D eigenvalue weighted by atomic mass is 10.2. The van der Waals surface area contributed by atoms with E-state index in [1.165, 1.54) is 31.5 Å². The van der Waals surface area contributed by atoms with Crippen molar-refractivity contribution in [3.63, 3.8) is 0 Å². The van der Waals surface area contributed by atoms with Crippen LogP contribution in [0, 0.1) is 0 Å². The van der Waals surface area contributed by atoms with Crippen molar-refractivity contribution in [2.24, 2.45) is 5.10 Å². The van der Waals surface area contributed by atoms with E-state index in [9.17, 15) is 9.90 Å². The molecule has 0 unspecified atom stereocenters. The average Bonchev–Trinajstić information content (AvgIpc) is 2.56. The van der Waals surface area contributed by atoms with E-state index < -0.39 is 5.97 Å². The molecule has 3 N–H and O–H groups in total. The molecule has 0 radical (unpaired) electrons. The summed E-state index contributed by atoms with van der Waals surface area (Å²) in [6, 6.07) is 10.8. The summed E-state index contributed by atoms with van der Waals surface area (Å²) in [4.78, 5) is 10.9. The summed E-state index contributed by atoms with van der Waals surface area (Å²) in [6.07, 6.45) is 1.48. The molecule has 2 aromatic rings. The van der Waals surface area contributed by atoms with E-state index in [0.717, 1.165) is 0 Å². The number of carboxylic acids is 1. The van der Waals surface area contributed by atoms with E-state index in [1.807, 2.05) is 0 Å². The molecular formula is C16H14N3O4S-. The normalized spacial score (nSPS) is 10.4. The monoisotopic (exact) mass is 344 g/mol. The predicted octanol–water partition coefficient (Wildman–Crippen LogP) is 1.79. The first-order chi connectivity index (χ1) is 11.5. The van der Waals surface area contributed by atoms with Crippen molar-refractivity contribution in [3.05, 3.63) is 53.6 Å². The van der Waals surface area contributed by atoms with Crippen molar-refractivity contribution in [1.82, 2.24) is 5.43 Å². The topological polar surface area (TPSA) is 106 Å². The fourth-order valence-corrected chi connectivity index (χ4v) is 1.99. The van der Waals surface area contributed by atoms with Crippen LogP contribution in [0.4, 0.5) is 5.69 Å². The molecule has 0 aliphatic carbocycles. The van der Waals surface area contributed by atoms with Crippen LogP contribution in [0.3, 0.4) is 0 Å². The second kappa shape index (κ2) is 7.93. The third kappa shape index (κ3) is 4.68. The standard InChI is InChI=1S/C16H15N3O4S/c1-23-14-7-10(5-6-13(14)20)9-17-19-16(24)18-12-4-2-3-11(8-12)15(21)22/h2-9,20H,1H3,(H,21,22)(H2,18,19,24)/p-1/b17-9+. The maximum absolute atomic E-state index is 11.4. The molecule has 8 heteroatoms. The SMILES string of the molecule is COc1cc(/C=N/NC(=S)Nc2cccc(C(=O)O)c2)ccc1[O-]. The van der Waals surface area contributed by atoms with Crippen molar-refractivity contribution >= 4 is 35.2 Å². The van der Waals surface area contributed by atoms with Gasteiger partial charge in [-0.05, 0) is 42.0 Å². The number of nitrogens with zero attached hydrogens (tertiary/aromatic N) is 1. The van der Waals surface area contributed by atoms with Crippen LogP contribution in [-0.2, 0) is 0 Å². The molecule has 0 aliphatic heterocycles. The van der Waals surface area contributed by atoms with E-state index in [1.54, 1.807) is 24.3 Å². The summed E-state index contributed by atoms with van der Waals surface area (Å²) in [5.74, 6) is -1.01. The first-order valence-corrected chi connectivity index (χ1v) is 7.19. The van der Waals surface area contributed by atoms with E-state index in [2.05, 4.69) is 15.8 Å². The van der Waals surface area contributed by atoms with Gasteiger partial charge in [-0.25, -0.2) is 4.79 Å². The first-order valence-electron chi connectivity index (χ1n) is 6.78. The quantitative estimate of drug-likeness (QED) is 0.431. The van der Waals surface area contributed by atoms with E-state index in [4.69, 9.17) is 22.1 Å². The number of hydrogen-bond acceptors (Lipinski definition) is 5. The van der Waals surface area contributed by atoms with Gasteiger partial charge < -0.3 is 20.3 Å². The van der Waals surface area contributed by atoms with Crippen LogP contribution < -0.4 is 20.6 Å². The Bertz CT molecular complexity index is 793. The Labute approximate surface area is 143 Å². The van der Waals surface area contributed by atoms with Gasteiger partial charge in [-0.1, -0.05) is 23.9 Å². The van der Waals surface area contributed by atoms with Gasteiger partial charge in [0.1, 0.15) is 5.75 Å². The third-order valence-corrected chi connectivity index (χ3v) is 3.13. The molecule has 24 heavy (non-hydrogen) atoms. The Morgan fingerprint density at radius 1 is 1.33 bits per heavy atom. The van der Waals surface area contributed by atoms with Crippen LogP contribution in [0.5, 0.6) is 11.5 Å². The summed E-state index contributed by atoms with van der Waals surface area (Å²) >= 11 is 5.07. The van der Waals surface area contributed by atoms with Gasteiger partial charge in [0.15, 0.2) is 5.11 Å². The number of carbonyl (C=O) groups is 1. The van der Waals surface area contributed by atoms with E-state index in [-0.39, 0.29) is 22.2 Å². The van der Waals surface area contributed by atoms with E-state index in [0.29, 0.717) is 11.3 Å². The number of rotatable bonds is 5. The number of hydrogen-bond donors (Lipinski definition) is 3. The van der Waals surface area contributed by atoms with Gasteiger partial charge in [0.2, 0.25) is 0 Å². The Balaban J connectivity index is 1.95.